The van der Waals surface area contributed by atoms with Crippen molar-refractivity contribution in [3.63, 3.8) is 0 Å². The number of thioether (sulfide) groups is 1. The standard InChI is InChI=1S/C24H28ClNO4S2/c1-4-8-19-23(31-15-5-2)21(24(27)28)22(17-11-13-18(25)14-12-17)26(19)32(29,30)20-10-7-6-9-16(20)3/h5-7,9-14,19,21-23H,2,4,8,15H2,1,3H3,(H,27,28)/t19?,21-,22?,23?/m0/s1. The van der Waals surface area contributed by atoms with Gasteiger partial charge in [0, 0.05) is 22.1 Å². The van der Waals surface area contributed by atoms with Crippen molar-refractivity contribution in [3.05, 3.63) is 77.3 Å². The molecule has 32 heavy (non-hydrogen) atoms. The predicted molar refractivity (Wildman–Crippen MR) is 131 cm³/mol. The molecule has 0 bridgehead atoms. The van der Waals surface area contributed by atoms with Crippen molar-refractivity contribution in [2.24, 2.45) is 5.92 Å². The van der Waals surface area contributed by atoms with Crippen molar-refractivity contribution < 1.29 is 18.3 Å². The molecule has 2 aromatic rings. The lowest BCUT2D eigenvalue weighted by Crippen LogP contribution is -2.40. The minimum Gasteiger partial charge on any atom is -0.481 e. The van der Waals surface area contributed by atoms with E-state index in [0.29, 0.717) is 28.3 Å². The number of carboxylic acid groups (broad SMARTS) is 1. The maximum atomic E-state index is 14.1. The maximum absolute atomic E-state index is 14.1. The van der Waals surface area contributed by atoms with Crippen LogP contribution in [0.1, 0.15) is 36.9 Å². The summed E-state index contributed by atoms with van der Waals surface area (Å²) >= 11 is 7.53. The average Bonchev–Trinajstić information content (AvgIpc) is 3.08. The normalized spacial score (nSPS) is 23.8. The monoisotopic (exact) mass is 493 g/mol. The molecule has 0 amide bonds. The Balaban J connectivity index is 2.26. The van der Waals surface area contributed by atoms with Gasteiger partial charge in [0.15, 0.2) is 0 Å². The fourth-order valence-electron chi connectivity index (χ4n) is 4.49. The van der Waals surface area contributed by atoms with Crippen LogP contribution in [0.15, 0.2) is 66.1 Å². The SMILES string of the molecule is C=CCSC1C(CCC)N(S(=O)(=O)c2ccccc2C)C(c2ccc(Cl)cc2)[C@@H]1C(=O)O. The first-order valence-electron chi connectivity index (χ1n) is 10.5. The fourth-order valence-corrected chi connectivity index (χ4v) is 8.11. The van der Waals surface area contributed by atoms with Crippen LogP contribution < -0.4 is 0 Å². The van der Waals surface area contributed by atoms with Crippen LogP contribution >= 0.6 is 23.4 Å². The van der Waals surface area contributed by atoms with Crippen LogP contribution in [0.2, 0.25) is 5.02 Å². The second-order valence-electron chi connectivity index (χ2n) is 7.90. The van der Waals surface area contributed by atoms with Gasteiger partial charge >= 0.3 is 5.97 Å². The quantitative estimate of drug-likeness (QED) is 0.463. The molecule has 4 atom stereocenters. The first kappa shape index (κ1) is 24.8. The van der Waals surface area contributed by atoms with Crippen LogP contribution in [0.3, 0.4) is 0 Å². The summed E-state index contributed by atoms with van der Waals surface area (Å²) in [7, 11) is -3.97. The van der Waals surface area contributed by atoms with E-state index in [9.17, 15) is 18.3 Å². The van der Waals surface area contributed by atoms with Gasteiger partial charge in [-0.15, -0.1) is 6.58 Å². The van der Waals surface area contributed by atoms with E-state index in [1.54, 1.807) is 61.5 Å². The molecule has 0 spiro atoms. The molecule has 1 heterocycles. The van der Waals surface area contributed by atoms with Gasteiger partial charge in [0.05, 0.1) is 16.9 Å². The highest BCUT2D eigenvalue weighted by Crippen LogP contribution is 2.50. The van der Waals surface area contributed by atoms with Crippen LogP contribution in [0.25, 0.3) is 0 Å². The van der Waals surface area contributed by atoms with Gasteiger partial charge < -0.3 is 5.11 Å². The van der Waals surface area contributed by atoms with Gasteiger partial charge in [0.25, 0.3) is 0 Å². The lowest BCUT2D eigenvalue weighted by atomic mass is 9.92. The van der Waals surface area contributed by atoms with Crippen LogP contribution in [0.5, 0.6) is 0 Å². The number of carboxylic acids is 1. The van der Waals surface area contributed by atoms with Gasteiger partial charge in [-0.3, -0.25) is 4.79 Å². The summed E-state index contributed by atoms with van der Waals surface area (Å²) in [6.07, 6.45) is 3.02. The van der Waals surface area contributed by atoms with E-state index in [-0.39, 0.29) is 4.90 Å². The zero-order chi connectivity index (χ0) is 23.5. The summed E-state index contributed by atoms with van der Waals surface area (Å²) in [6.45, 7) is 7.50. The molecule has 1 aliphatic rings. The first-order valence-corrected chi connectivity index (χ1v) is 13.4. The number of rotatable bonds is 9. The lowest BCUT2D eigenvalue weighted by Gasteiger charge is -2.31. The molecule has 1 aliphatic heterocycles. The topological polar surface area (TPSA) is 74.7 Å². The third-order valence-corrected chi connectivity index (χ3v) is 9.55. The Kier molecular flexibility index (Phi) is 8.09. The maximum Gasteiger partial charge on any atom is 0.309 e. The molecule has 2 aromatic carbocycles. The van der Waals surface area contributed by atoms with Gasteiger partial charge in [-0.1, -0.05) is 61.4 Å². The van der Waals surface area contributed by atoms with Crippen molar-refractivity contribution in [2.75, 3.05) is 5.75 Å². The summed E-state index contributed by atoms with van der Waals surface area (Å²) in [4.78, 5) is 12.8. The minimum absolute atomic E-state index is 0.207. The summed E-state index contributed by atoms with van der Waals surface area (Å²) < 4.78 is 29.6. The van der Waals surface area contributed by atoms with Gasteiger partial charge in [0.2, 0.25) is 10.0 Å². The third kappa shape index (κ3) is 4.76. The van der Waals surface area contributed by atoms with Crippen molar-refractivity contribution in [1.29, 1.82) is 0 Å². The second-order valence-corrected chi connectivity index (χ2v) is 11.4. The van der Waals surface area contributed by atoms with Crippen molar-refractivity contribution in [2.45, 2.75) is 48.9 Å². The molecule has 8 heteroatoms. The molecule has 0 radical (unpaired) electrons. The number of aliphatic carboxylic acids is 1. The van der Waals surface area contributed by atoms with Crippen molar-refractivity contribution >= 4 is 39.4 Å². The number of benzene rings is 2. The van der Waals surface area contributed by atoms with Gasteiger partial charge in [-0.05, 0) is 42.7 Å². The van der Waals surface area contributed by atoms with E-state index < -0.39 is 39.2 Å². The van der Waals surface area contributed by atoms with Crippen molar-refractivity contribution in [3.8, 4) is 0 Å². The molecular formula is C24H28ClNO4S2. The Labute approximate surface area is 199 Å². The minimum atomic E-state index is -3.97. The van der Waals surface area contributed by atoms with E-state index in [0.717, 1.165) is 6.42 Å². The van der Waals surface area contributed by atoms with Gasteiger partial charge in [-0.2, -0.15) is 16.1 Å². The zero-order valence-corrected chi connectivity index (χ0v) is 20.5. The summed E-state index contributed by atoms with van der Waals surface area (Å²) in [5, 5.41) is 10.4. The van der Waals surface area contributed by atoms with E-state index >= 15 is 0 Å². The van der Waals surface area contributed by atoms with Crippen LogP contribution in [-0.2, 0) is 14.8 Å². The molecule has 0 aliphatic carbocycles. The number of hydrogen-bond acceptors (Lipinski definition) is 4. The van der Waals surface area contributed by atoms with E-state index in [4.69, 9.17) is 11.6 Å². The third-order valence-electron chi connectivity index (χ3n) is 5.81. The van der Waals surface area contributed by atoms with Crippen LogP contribution in [-0.4, -0.2) is 40.8 Å². The fraction of sp³-hybridized carbons (Fsp3) is 0.375. The average molecular weight is 494 g/mol. The number of carbonyl (C=O) groups is 1. The second kappa shape index (κ2) is 10.4. The molecule has 3 unspecified atom stereocenters. The van der Waals surface area contributed by atoms with Gasteiger partial charge in [-0.25, -0.2) is 8.42 Å². The number of halogens is 1. The molecule has 1 saturated heterocycles. The number of hydrogen-bond donors (Lipinski definition) is 1. The first-order chi connectivity index (χ1) is 15.2. The Morgan fingerprint density at radius 2 is 1.88 bits per heavy atom. The Bertz CT molecular complexity index is 1070. The molecule has 172 valence electrons. The smallest absolute Gasteiger partial charge is 0.309 e. The van der Waals surface area contributed by atoms with E-state index in [1.807, 2.05) is 6.92 Å². The molecule has 1 N–H and O–H groups in total. The Morgan fingerprint density at radius 1 is 1.22 bits per heavy atom. The van der Waals surface area contributed by atoms with E-state index in [1.165, 1.54) is 16.1 Å². The highest BCUT2D eigenvalue weighted by atomic mass is 35.5. The van der Waals surface area contributed by atoms with E-state index in [2.05, 4.69) is 6.58 Å². The molecule has 0 saturated carbocycles. The molecule has 0 aromatic heterocycles. The van der Waals surface area contributed by atoms with Crippen LogP contribution in [0.4, 0.5) is 0 Å². The number of sulfonamides is 1. The number of nitrogens with zero attached hydrogens (tertiary/aromatic N) is 1. The largest absolute Gasteiger partial charge is 0.481 e. The summed E-state index contributed by atoms with van der Waals surface area (Å²) in [5.74, 6) is -1.37. The van der Waals surface area contributed by atoms with Crippen molar-refractivity contribution in [1.82, 2.24) is 4.31 Å². The molecule has 3 rings (SSSR count). The zero-order valence-electron chi connectivity index (χ0n) is 18.1. The summed E-state index contributed by atoms with van der Waals surface area (Å²) in [6, 6.07) is 12.3. The lowest BCUT2D eigenvalue weighted by molar-refractivity contribution is -0.142. The summed E-state index contributed by atoms with van der Waals surface area (Å²) in [5.41, 5.74) is 1.26. The Hall–Kier alpha value is -1.80. The van der Waals surface area contributed by atoms with Gasteiger partial charge in [0.1, 0.15) is 0 Å². The molecule has 5 nitrogen and oxygen atoms in total. The molecule has 1 fully saturated rings. The molecular weight excluding hydrogens is 466 g/mol. The van der Waals surface area contributed by atoms with Crippen LogP contribution in [0, 0.1) is 12.8 Å². The highest BCUT2D eigenvalue weighted by molar-refractivity contribution is 8.00. The predicted octanol–water partition coefficient (Wildman–Crippen LogP) is 5.55. The Morgan fingerprint density at radius 3 is 2.44 bits per heavy atom. The highest BCUT2D eigenvalue weighted by Gasteiger charge is 2.57. The number of aryl methyl sites for hydroxylation is 1.